The third-order valence-electron chi connectivity index (χ3n) is 7.25. The molecule has 0 amide bonds. The summed E-state index contributed by atoms with van der Waals surface area (Å²) in [5, 5.41) is 0. The highest BCUT2D eigenvalue weighted by Crippen LogP contribution is 2.57. The highest BCUT2D eigenvalue weighted by molar-refractivity contribution is 5.91. The van der Waals surface area contributed by atoms with E-state index in [2.05, 4.69) is 6.92 Å². The monoisotopic (exact) mass is 392 g/mol. The molecule has 1 aliphatic heterocycles. The summed E-state index contributed by atoms with van der Waals surface area (Å²) in [4.78, 5) is 38.4. The normalized spacial score (nSPS) is 43.2. The Kier molecular flexibility index (Phi) is 5.72. The molecule has 0 spiro atoms. The van der Waals surface area contributed by atoms with Gasteiger partial charge in [-0.05, 0) is 40.0 Å². The van der Waals surface area contributed by atoms with Crippen molar-refractivity contribution < 1.29 is 28.6 Å². The Morgan fingerprint density at radius 3 is 2.61 bits per heavy atom. The Morgan fingerprint density at radius 2 is 2.00 bits per heavy atom. The summed E-state index contributed by atoms with van der Waals surface area (Å²) in [5.74, 6) is -1.41. The quantitative estimate of drug-likeness (QED) is 0.540. The molecule has 3 rings (SSSR count). The summed E-state index contributed by atoms with van der Waals surface area (Å²) >= 11 is 0. The van der Waals surface area contributed by atoms with Crippen LogP contribution in [0.1, 0.15) is 54.4 Å². The molecule has 0 radical (unpaired) electrons. The first-order valence-electron chi connectivity index (χ1n) is 10.4. The smallest absolute Gasteiger partial charge is 0.333 e. The van der Waals surface area contributed by atoms with Crippen LogP contribution in [0.2, 0.25) is 0 Å². The number of hydrogen-bond donors (Lipinski definition) is 0. The lowest BCUT2D eigenvalue weighted by Gasteiger charge is -2.41. The van der Waals surface area contributed by atoms with Crippen LogP contribution < -0.4 is 0 Å². The predicted octanol–water partition coefficient (Wildman–Crippen LogP) is 3.08. The van der Waals surface area contributed by atoms with Gasteiger partial charge in [-0.1, -0.05) is 19.9 Å². The van der Waals surface area contributed by atoms with E-state index in [0.29, 0.717) is 25.0 Å². The second-order valence-corrected chi connectivity index (χ2v) is 8.78. The molecule has 6 heteroatoms. The third kappa shape index (κ3) is 3.10. The van der Waals surface area contributed by atoms with Gasteiger partial charge in [0.1, 0.15) is 18.0 Å². The standard InChI is InChI=1S/C22H32O6/c1-7-11(3)20(24)28-19-17-13(5)21(25)27-14(17)9-12(4)18-15(26-8-2)10-16(23)22(18,19)6/h7,12-15,17-19H,8-10H2,1-6H3. The van der Waals surface area contributed by atoms with Gasteiger partial charge in [0.2, 0.25) is 0 Å². The van der Waals surface area contributed by atoms with Crippen LogP contribution in [0.3, 0.4) is 0 Å². The molecular formula is C22H32O6. The van der Waals surface area contributed by atoms with Crippen molar-refractivity contribution in [3.8, 4) is 0 Å². The van der Waals surface area contributed by atoms with Crippen LogP contribution >= 0.6 is 0 Å². The second kappa shape index (κ2) is 7.62. The SMILES string of the molecule is CC=C(C)C(=O)OC1C2C(CC(C)C3C(OCC)CC(=O)C13C)OC(=O)C2C. The Labute approximate surface area is 167 Å². The third-order valence-corrected chi connectivity index (χ3v) is 7.25. The van der Waals surface area contributed by atoms with Gasteiger partial charge >= 0.3 is 11.9 Å². The first-order chi connectivity index (χ1) is 13.2. The molecule has 0 bridgehead atoms. The van der Waals surface area contributed by atoms with Gasteiger partial charge in [0.25, 0.3) is 0 Å². The molecule has 1 heterocycles. The molecule has 8 unspecified atom stereocenters. The van der Waals surface area contributed by atoms with Crippen molar-refractivity contribution in [2.24, 2.45) is 29.1 Å². The topological polar surface area (TPSA) is 78.9 Å². The lowest BCUT2D eigenvalue weighted by molar-refractivity contribution is -0.165. The van der Waals surface area contributed by atoms with Gasteiger partial charge in [-0.3, -0.25) is 9.59 Å². The van der Waals surface area contributed by atoms with Crippen molar-refractivity contribution in [1.82, 2.24) is 0 Å². The molecule has 3 fully saturated rings. The van der Waals surface area contributed by atoms with Crippen molar-refractivity contribution in [2.75, 3.05) is 6.61 Å². The van der Waals surface area contributed by atoms with Gasteiger partial charge in [-0.15, -0.1) is 0 Å². The molecule has 1 saturated heterocycles. The fourth-order valence-electron chi connectivity index (χ4n) is 5.70. The van der Waals surface area contributed by atoms with E-state index in [4.69, 9.17) is 14.2 Å². The van der Waals surface area contributed by atoms with Crippen molar-refractivity contribution in [3.63, 3.8) is 0 Å². The average Bonchev–Trinajstić information content (AvgIpc) is 3.02. The summed E-state index contributed by atoms with van der Waals surface area (Å²) < 4.78 is 17.6. The number of hydrogen-bond acceptors (Lipinski definition) is 6. The molecule has 0 aromatic heterocycles. The van der Waals surface area contributed by atoms with Crippen molar-refractivity contribution in [1.29, 1.82) is 0 Å². The maximum atomic E-state index is 13.3. The lowest BCUT2D eigenvalue weighted by atomic mass is 9.66. The summed E-state index contributed by atoms with van der Waals surface area (Å²) in [7, 11) is 0. The molecular weight excluding hydrogens is 360 g/mol. The Bertz CT molecular complexity index is 697. The highest BCUT2D eigenvalue weighted by Gasteiger charge is 2.66. The van der Waals surface area contributed by atoms with Gasteiger partial charge in [-0.2, -0.15) is 0 Å². The highest BCUT2D eigenvalue weighted by atomic mass is 16.6. The molecule has 3 aliphatic rings. The minimum absolute atomic E-state index is 0.0472. The molecule has 0 N–H and O–H groups in total. The summed E-state index contributed by atoms with van der Waals surface area (Å²) in [5.41, 5.74) is -0.413. The van der Waals surface area contributed by atoms with Gasteiger partial charge in [-0.25, -0.2) is 4.79 Å². The number of carbonyl (C=O) groups excluding carboxylic acids is 3. The Hall–Kier alpha value is -1.69. The van der Waals surface area contributed by atoms with Crippen molar-refractivity contribution in [3.05, 3.63) is 11.6 Å². The zero-order valence-electron chi connectivity index (χ0n) is 17.7. The van der Waals surface area contributed by atoms with Crippen LogP contribution in [0.25, 0.3) is 0 Å². The van der Waals surface area contributed by atoms with E-state index < -0.39 is 23.4 Å². The molecule has 2 saturated carbocycles. The Morgan fingerprint density at radius 1 is 1.32 bits per heavy atom. The maximum absolute atomic E-state index is 13.3. The molecule has 8 atom stereocenters. The zero-order valence-corrected chi connectivity index (χ0v) is 17.7. The molecule has 156 valence electrons. The first-order valence-corrected chi connectivity index (χ1v) is 10.4. The molecule has 28 heavy (non-hydrogen) atoms. The number of carbonyl (C=O) groups is 3. The van der Waals surface area contributed by atoms with Crippen LogP contribution in [0, 0.1) is 29.1 Å². The Balaban J connectivity index is 2.09. The molecule has 2 aliphatic carbocycles. The second-order valence-electron chi connectivity index (χ2n) is 8.78. The fraction of sp³-hybridized carbons (Fsp3) is 0.773. The van der Waals surface area contributed by atoms with Gasteiger partial charge in [0, 0.05) is 30.4 Å². The predicted molar refractivity (Wildman–Crippen MR) is 102 cm³/mol. The average molecular weight is 392 g/mol. The molecule has 0 aromatic carbocycles. The van der Waals surface area contributed by atoms with E-state index in [-0.39, 0.29) is 41.7 Å². The van der Waals surface area contributed by atoms with Crippen molar-refractivity contribution >= 4 is 17.7 Å². The molecule has 0 aromatic rings. The lowest BCUT2D eigenvalue weighted by Crippen LogP contribution is -2.51. The number of allylic oxidation sites excluding steroid dienone is 1. The van der Waals surface area contributed by atoms with Gasteiger partial charge < -0.3 is 14.2 Å². The van der Waals surface area contributed by atoms with Crippen LogP contribution in [-0.4, -0.2) is 42.6 Å². The maximum Gasteiger partial charge on any atom is 0.333 e. The number of Topliss-reactive ketones (excluding diaryl/α,β-unsaturated/α-hetero) is 1. The summed E-state index contributed by atoms with van der Waals surface area (Å²) in [6.07, 6.45) is 1.39. The number of fused-ring (bicyclic) bond motifs is 2. The van der Waals surface area contributed by atoms with E-state index in [0.717, 1.165) is 0 Å². The first kappa shape index (κ1) is 21.0. The van der Waals surface area contributed by atoms with Crippen LogP contribution in [0.4, 0.5) is 0 Å². The minimum atomic E-state index is -0.898. The number of esters is 2. The summed E-state index contributed by atoms with van der Waals surface area (Å²) in [6.45, 7) is 11.7. The van der Waals surface area contributed by atoms with E-state index in [1.165, 1.54) is 0 Å². The number of ether oxygens (including phenoxy) is 3. The fourth-order valence-corrected chi connectivity index (χ4v) is 5.70. The number of rotatable bonds is 4. The van der Waals surface area contributed by atoms with Gasteiger partial charge in [0.15, 0.2) is 0 Å². The van der Waals surface area contributed by atoms with E-state index in [1.54, 1.807) is 19.9 Å². The van der Waals surface area contributed by atoms with E-state index >= 15 is 0 Å². The van der Waals surface area contributed by atoms with E-state index in [1.807, 2.05) is 20.8 Å². The summed E-state index contributed by atoms with van der Waals surface area (Å²) in [6, 6.07) is 0. The zero-order chi connectivity index (χ0) is 20.8. The minimum Gasteiger partial charge on any atom is -0.462 e. The number of ketones is 1. The van der Waals surface area contributed by atoms with Crippen molar-refractivity contribution in [2.45, 2.75) is 72.7 Å². The van der Waals surface area contributed by atoms with E-state index in [9.17, 15) is 14.4 Å². The largest absolute Gasteiger partial charge is 0.462 e. The van der Waals surface area contributed by atoms with Gasteiger partial charge in [0.05, 0.1) is 17.4 Å². The van der Waals surface area contributed by atoms with Crippen LogP contribution in [0.5, 0.6) is 0 Å². The van der Waals surface area contributed by atoms with Crippen LogP contribution in [-0.2, 0) is 28.6 Å². The molecule has 6 nitrogen and oxygen atoms in total. The van der Waals surface area contributed by atoms with Crippen LogP contribution in [0.15, 0.2) is 11.6 Å².